The zero-order valence-electron chi connectivity index (χ0n) is 14.1. The van der Waals surface area contributed by atoms with Crippen LogP contribution >= 0.6 is 34.3 Å². The predicted octanol–water partition coefficient (Wildman–Crippen LogP) is 4.17. The molecule has 0 saturated carbocycles. The Hall–Kier alpha value is -1.70. The Kier molecular flexibility index (Phi) is 6.37. The summed E-state index contributed by atoms with van der Waals surface area (Å²) in [5.74, 6) is -0.911. The summed E-state index contributed by atoms with van der Waals surface area (Å²) in [7, 11) is 0. The Morgan fingerprint density at radius 2 is 1.76 bits per heavy atom. The molecule has 0 bridgehead atoms. The van der Waals surface area contributed by atoms with Crippen LogP contribution in [0.4, 0.5) is 0 Å². The number of nitrogens with one attached hydrogen (secondary N) is 1. The number of esters is 1. The van der Waals surface area contributed by atoms with Crippen LogP contribution in [0.25, 0.3) is 0 Å². The molecule has 2 rings (SSSR count). The van der Waals surface area contributed by atoms with Crippen molar-refractivity contribution in [3.8, 4) is 0 Å². The van der Waals surface area contributed by atoms with Crippen LogP contribution in [0.15, 0.2) is 24.3 Å². The second-order valence-corrected chi connectivity index (χ2v) is 9.19. The molecule has 2 aromatic rings. The number of ether oxygens (including phenoxy) is 1. The number of thiophene rings is 2. The van der Waals surface area contributed by atoms with Gasteiger partial charge in [0.05, 0.1) is 15.8 Å². The number of amides is 1. The number of carbonyl (C=O) groups excluding carboxylic acids is 3. The molecule has 0 aliphatic carbocycles. The highest BCUT2D eigenvalue weighted by molar-refractivity contribution is 7.17. The molecule has 5 nitrogen and oxygen atoms in total. The first-order valence-corrected chi connectivity index (χ1v) is 9.50. The standard InChI is InChI=1S/C17H18ClNO4S2/c1-17(2,3)16(22)19-8-10-4-5-12(24-10)11(20)9-23-15(21)13-6-7-14(18)25-13/h4-7H,8-9H2,1-3H3,(H,19,22). The van der Waals surface area contributed by atoms with Crippen molar-refractivity contribution in [3.63, 3.8) is 0 Å². The van der Waals surface area contributed by atoms with E-state index in [2.05, 4.69) is 5.32 Å². The molecule has 0 aliphatic rings. The third-order valence-corrected chi connectivity index (χ3v) is 5.49. The molecule has 0 fully saturated rings. The topological polar surface area (TPSA) is 72.5 Å². The highest BCUT2D eigenvalue weighted by Gasteiger charge is 2.21. The Morgan fingerprint density at radius 3 is 2.36 bits per heavy atom. The zero-order valence-corrected chi connectivity index (χ0v) is 16.4. The number of halogens is 1. The summed E-state index contributed by atoms with van der Waals surface area (Å²) in [6, 6.07) is 6.60. The van der Waals surface area contributed by atoms with Crippen LogP contribution in [-0.2, 0) is 16.1 Å². The normalized spacial score (nSPS) is 11.2. The highest BCUT2D eigenvalue weighted by Crippen LogP contribution is 2.22. The number of hydrogen-bond acceptors (Lipinski definition) is 6. The van der Waals surface area contributed by atoms with E-state index >= 15 is 0 Å². The van der Waals surface area contributed by atoms with Crippen molar-refractivity contribution in [2.24, 2.45) is 5.41 Å². The summed E-state index contributed by atoms with van der Waals surface area (Å²) >= 11 is 8.13. The largest absolute Gasteiger partial charge is 0.453 e. The fourth-order valence-corrected chi connectivity index (χ4v) is 3.56. The molecule has 0 saturated heterocycles. The van der Waals surface area contributed by atoms with Crippen LogP contribution in [0.2, 0.25) is 4.34 Å². The fraction of sp³-hybridized carbons (Fsp3) is 0.353. The quantitative estimate of drug-likeness (QED) is 0.584. The van der Waals surface area contributed by atoms with Gasteiger partial charge >= 0.3 is 5.97 Å². The number of hydrogen-bond donors (Lipinski definition) is 1. The van der Waals surface area contributed by atoms with Crippen molar-refractivity contribution in [1.82, 2.24) is 5.32 Å². The van der Waals surface area contributed by atoms with Crippen LogP contribution in [0.5, 0.6) is 0 Å². The first-order valence-electron chi connectivity index (χ1n) is 7.49. The van der Waals surface area contributed by atoms with Crippen molar-refractivity contribution in [2.45, 2.75) is 27.3 Å². The zero-order chi connectivity index (χ0) is 18.6. The van der Waals surface area contributed by atoms with Gasteiger partial charge in [0.1, 0.15) is 4.88 Å². The summed E-state index contributed by atoms with van der Waals surface area (Å²) in [5, 5.41) is 2.83. The van der Waals surface area contributed by atoms with Gasteiger partial charge in [-0.25, -0.2) is 4.79 Å². The van der Waals surface area contributed by atoms with Gasteiger partial charge in [0.25, 0.3) is 0 Å². The van der Waals surface area contributed by atoms with E-state index in [1.807, 2.05) is 20.8 Å². The molecule has 2 heterocycles. The maximum Gasteiger partial charge on any atom is 0.348 e. The van der Waals surface area contributed by atoms with Gasteiger partial charge in [0.2, 0.25) is 11.7 Å². The van der Waals surface area contributed by atoms with Crippen molar-refractivity contribution in [1.29, 1.82) is 0 Å². The summed E-state index contributed by atoms with van der Waals surface area (Å²) in [4.78, 5) is 37.5. The number of rotatable bonds is 6. The SMILES string of the molecule is CC(C)(C)C(=O)NCc1ccc(C(=O)COC(=O)c2ccc(Cl)s2)s1. The molecular formula is C17H18ClNO4S2. The lowest BCUT2D eigenvalue weighted by atomic mass is 9.96. The second-order valence-electron chi connectivity index (χ2n) is 6.30. The van der Waals surface area contributed by atoms with Gasteiger partial charge in [-0.1, -0.05) is 32.4 Å². The number of ketones is 1. The van der Waals surface area contributed by atoms with Crippen molar-refractivity contribution >= 4 is 51.9 Å². The summed E-state index contributed by atoms with van der Waals surface area (Å²) in [6.07, 6.45) is 0. The second kappa shape index (κ2) is 8.12. The van der Waals surface area contributed by atoms with Crippen LogP contribution in [0.1, 0.15) is 45.0 Å². The molecule has 0 aromatic carbocycles. The Labute approximate surface area is 159 Å². The van der Waals surface area contributed by atoms with E-state index in [1.165, 1.54) is 11.3 Å². The third-order valence-electron chi connectivity index (χ3n) is 3.15. The van der Waals surface area contributed by atoms with E-state index in [-0.39, 0.29) is 18.3 Å². The van der Waals surface area contributed by atoms with Crippen molar-refractivity contribution < 1.29 is 19.1 Å². The maximum atomic E-state index is 12.1. The maximum absolute atomic E-state index is 12.1. The minimum atomic E-state index is -0.570. The smallest absolute Gasteiger partial charge is 0.348 e. The van der Waals surface area contributed by atoms with Crippen molar-refractivity contribution in [2.75, 3.05) is 6.61 Å². The number of carbonyl (C=O) groups is 3. The summed E-state index contributed by atoms with van der Waals surface area (Å²) < 4.78 is 5.49. The molecule has 0 aliphatic heterocycles. The van der Waals surface area contributed by atoms with E-state index < -0.39 is 11.4 Å². The molecule has 8 heteroatoms. The Morgan fingerprint density at radius 1 is 1.08 bits per heavy atom. The van der Waals surface area contributed by atoms with Crippen molar-refractivity contribution in [3.05, 3.63) is 43.2 Å². The average Bonchev–Trinajstić information content (AvgIpc) is 3.18. The molecule has 1 amide bonds. The summed E-state index contributed by atoms with van der Waals surface area (Å²) in [6.45, 7) is 5.53. The molecule has 134 valence electrons. The molecule has 0 radical (unpaired) electrons. The van der Waals surface area contributed by atoms with E-state index in [4.69, 9.17) is 16.3 Å². The lowest BCUT2D eigenvalue weighted by molar-refractivity contribution is -0.128. The fourth-order valence-electron chi connectivity index (χ4n) is 1.75. The van der Waals surface area contributed by atoms with Crippen LogP contribution in [0, 0.1) is 5.41 Å². The van der Waals surface area contributed by atoms with E-state index in [0.29, 0.717) is 20.6 Å². The van der Waals surface area contributed by atoms with Gasteiger partial charge in [-0.3, -0.25) is 9.59 Å². The van der Waals surface area contributed by atoms with E-state index in [1.54, 1.807) is 24.3 Å². The Balaban J connectivity index is 1.85. The van der Waals surface area contributed by atoms with Crippen LogP contribution in [-0.4, -0.2) is 24.3 Å². The van der Waals surface area contributed by atoms with Gasteiger partial charge in [-0.2, -0.15) is 0 Å². The first-order chi connectivity index (χ1) is 11.7. The van der Waals surface area contributed by atoms with Gasteiger partial charge in [-0.15, -0.1) is 22.7 Å². The number of Topliss-reactive ketones (excluding diaryl/α,β-unsaturated/α-hetero) is 1. The van der Waals surface area contributed by atoms with Crippen LogP contribution < -0.4 is 5.32 Å². The average molecular weight is 400 g/mol. The summed E-state index contributed by atoms with van der Waals surface area (Å²) in [5.41, 5.74) is -0.463. The van der Waals surface area contributed by atoms with Crippen LogP contribution in [0.3, 0.4) is 0 Å². The monoisotopic (exact) mass is 399 g/mol. The molecule has 25 heavy (non-hydrogen) atoms. The van der Waals surface area contributed by atoms with Gasteiger partial charge in [0, 0.05) is 10.3 Å². The lowest BCUT2D eigenvalue weighted by Gasteiger charge is -2.17. The minimum absolute atomic E-state index is 0.0580. The first kappa shape index (κ1) is 19.6. The predicted molar refractivity (Wildman–Crippen MR) is 99.6 cm³/mol. The molecule has 1 N–H and O–H groups in total. The molecule has 0 atom stereocenters. The lowest BCUT2D eigenvalue weighted by Crippen LogP contribution is -2.34. The van der Waals surface area contributed by atoms with Gasteiger partial charge in [-0.05, 0) is 24.3 Å². The van der Waals surface area contributed by atoms with E-state index in [0.717, 1.165) is 16.2 Å². The van der Waals surface area contributed by atoms with Gasteiger partial charge < -0.3 is 10.1 Å². The Bertz CT molecular complexity index is 789. The molecule has 2 aromatic heterocycles. The third kappa shape index (κ3) is 5.66. The van der Waals surface area contributed by atoms with Gasteiger partial charge in [0.15, 0.2) is 6.61 Å². The van der Waals surface area contributed by atoms with E-state index in [9.17, 15) is 14.4 Å². The molecule has 0 spiro atoms. The highest BCUT2D eigenvalue weighted by atomic mass is 35.5. The molecular weight excluding hydrogens is 382 g/mol. The minimum Gasteiger partial charge on any atom is -0.453 e. The molecule has 0 unspecified atom stereocenters.